The molecule has 2 aliphatic rings. The van der Waals surface area contributed by atoms with Crippen LogP contribution in [0.25, 0.3) is 0 Å². The Morgan fingerprint density at radius 2 is 1.93 bits per heavy atom. The molecule has 2 aromatic rings. The van der Waals surface area contributed by atoms with Crippen LogP contribution in [0.1, 0.15) is 36.2 Å². The van der Waals surface area contributed by atoms with E-state index >= 15 is 0 Å². The number of aromatic amines is 1. The fourth-order valence-electron chi connectivity index (χ4n) is 4.19. The third-order valence-electron chi connectivity index (χ3n) is 5.66. The molecule has 0 bridgehead atoms. The molecule has 0 radical (unpaired) electrons. The number of nitrogens with one attached hydrogen (secondary N) is 2. The molecule has 1 atom stereocenters. The number of aromatic nitrogens is 2. The molecule has 1 aliphatic heterocycles. The summed E-state index contributed by atoms with van der Waals surface area (Å²) in [6, 6.07) is 3.81. The summed E-state index contributed by atoms with van der Waals surface area (Å²) in [5, 5.41) is 3.14. The van der Waals surface area contributed by atoms with E-state index in [4.69, 9.17) is 0 Å². The van der Waals surface area contributed by atoms with E-state index in [1.807, 2.05) is 4.90 Å². The Hall–Kier alpha value is -2.44. The second-order valence-electron chi connectivity index (χ2n) is 7.63. The van der Waals surface area contributed by atoms with Crippen molar-refractivity contribution in [3.05, 3.63) is 53.1 Å². The minimum Gasteiger partial charge on any atom is -0.348 e. The number of amides is 2. The second-order valence-corrected chi connectivity index (χ2v) is 7.63. The SMILES string of the molecule is O=C(N[C@@H]1CCc2nc[nH]c2C1)N1CCC(Cc2cc(F)cc(F)c2)CC1. The number of piperidine rings is 1. The number of halogens is 2. The number of rotatable bonds is 3. The third-order valence-corrected chi connectivity index (χ3v) is 5.66. The minimum absolute atomic E-state index is 0.0155. The molecule has 1 saturated heterocycles. The van der Waals surface area contributed by atoms with E-state index in [9.17, 15) is 13.6 Å². The number of urea groups is 1. The summed E-state index contributed by atoms with van der Waals surface area (Å²) in [7, 11) is 0. The van der Waals surface area contributed by atoms with Gasteiger partial charge in [0.1, 0.15) is 11.6 Å². The van der Waals surface area contributed by atoms with E-state index in [1.165, 1.54) is 12.1 Å². The van der Waals surface area contributed by atoms with Crippen LogP contribution in [0.4, 0.5) is 13.6 Å². The fraction of sp³-hybridized carbons (Fsp3) is 0.500. The van der Waals surface area contributed by atoms with Crippen molar-refractivity contribution in [1.82, 2.24) is 20.2 Å². The molecule has 0 spiro atoms. The van der Waals surface area contributed by atoms with Gasteiger partial charge in [-0.3, -0.25) is 0 Å². The average molecular weight is 374 g/mol. The maximum Gasteiger partial charge on any atom is 0.317 e. The van der Waals surface area contributed by atoms with Gasteiger partial charge in [-0.05, 0) is 55.7 Å². The van der Waals surface area contributed by atoms with Gasteiger partial charge in [0.2, 0.25) is 0 Å². The minimum atomic E-state index is -0.533. The van der Waals surface area contributed by atoms with Crippen LogP contribution in [-0.4, -0.2) is 40.0 Å². The van der Waals surface area contributed by atoms with Gasteiger partial charge in [0.05, 0.1) is 12.0 Å². The van der Waals surface area contributed by atoms with E-state index in [0.717, 1.165) is 49.6 Å². The number of benzene rings is 1. The van der Waals surface area contributed by atoms with Crippen LogP contribution in [0.5, 0.6) is 0 Å². The van der Waals surface area contributed by atoms with E-state index in [2.05, 4.69) is 15.3 Å². The van der Waals surface area contributed by atoms with Crippen molar-refractivity contribution in [2.24, 2.45) is 5.92 Å². The van der Waals surface area contributed by atoms with Crippen molar-refractivity contribution in [2.45, 2.75) is 44.6 Å². The summed E-state index contributed by atoms with van der Waals surface area (Å²) in [4.78, 5) is 21.8. The Labute approximate surface area is 157 Å². The molecule has 7 heteroatoms. The Balaban J connectivity index is 1.26. The zero-order chi connectivity index (χ0) is 18.8. The van der Waals surface area contributed by atoms with Crippen LogP contribution in [0.3, 0.4) is 0 Å². The normalized spacial score (nSPS) is 20.4. The number of nitrogens with zero attached hydrogens (tertiary/aromatic N) is 2. The van der Waals surface area contributed by atoms with Gasteiger partial charge in [-0.15, -0.1) is 0 Å². The number of aryl methyl sites for hydroxylation is 1. The molecule has 2 amide bonds. The maximum absolute atomic E-state index is 13.3. The van der Waals surface area contributed by atoms with E-state index in [0.29, 0.717) is 31.0 Å². The Morgan fingerprint density at radius 1 is 1.19 bits per heavy atom. The van der Waals surface area contributed by atoms with Gasteiger partial charge in [0.25, 0.3) is 0 Å². The number of fused-ring (bicyclic) bond motifs is 1. The third kappa shape index (κ3) is 4.28. The standard InChI is InChI=1S/C20H24F2N4O/c21-15-8-14(9-16(22)10-15)7-13-3-5-26(6-4-13)20(27)25-17-1-2-18-19(11-17)24-12-23-18/h8-10,12-13,17H,1-7,11H2,(H,23,24)(H,25,27)/t17-/m1/s1. The summed E-state index contributed by atoms with van der Waals surface area (Å²) in [6.07, 6.45) is 6.64. The van der Waals surface area contributed by atoms with Crippen LogP contribution in [0.15, 0.2) is 24.5 Å². The zero-order valence-corrected chi connectivity index (χ0v) is 15.2. The Bertz CT molecular complexity index is 794. The lowest BCUT2D eigenvalue weighted by Gasteiger charge is -2.34. The summed E-state index contributed by atoms with van der Waals surface area (Å²) in [6.45, 7) is 1.35. The van der Waals surface area contributed by atoms with Gasteiger partial charge in [0.15, 0.2) is 0 Å². The van der Waals surface area contributed by atoms with Crippen molar-refractivity contribution in [3.63, 3.8) is 0 Å². The lowest BCUT2D eigenvalue weighted by atomic mass is 9.90. The number of hydrogen-bond acceptors (Lipinski definition) is 2. The molecule has 2 heterocycles. The lowest BCUT2D eigenvalue weighted by molar-refractivity contribution is 0.166. The first-order chi connectivity index (χ1) is 13.1. The highest BCUT2D eigenvalue weighted by atomic mass is 19.1. The van der Waals surface area contributed by atoms with Gasteiger partial charge in [-0.2, -0.15) is 0 Å². The second kappa shape index (κ2) is 7.66. The molecule has 4 rings (SSSR count). The van der Waals surface area contributed by atoms with Gasteiger partial charge >= 0.3 is 6.03 Å². The fourth-order valence-corrected chi connectivity index (χ4v) is 4.19. The molecule has 2 N–H and O–H groups in total. The van der Waals surface area contributed by atoms with Crippen LogP contribution in [0.2, 0.25) is 0 Å². The predicted octanol–water partition coefficient (Wildman–Crippen LogP) is 3.21. The topological polar surface area (TPSA) is 61.0 Å². The van der Waals surface area contributed by atoms with Crippen LogP contribution < -0.4 is 5.32 Å². The highest BCUT2D eigenvalue weighted by Crippen LogP contribution is 2.23. The quantitative estimate of drug-likeness (QED) is 0.867. The van der Waals surface area contributed by atoms with Gasteiger partial charge in [-0.25, -0.2) is 18.6 Å². The van der Waals surface area contributed by atoms with Gasteiger partial charge < -0.3 is 15.2 Å². The molecule has 0 unspecified atom stereocenters. The summed E-state index contributed by atoms with van der Waals surface area (Å²) >= 11 is 0. The molecule has 1 aromatic heterocycles. The van der Waals surface area contributed by atoms with Crippen molar-refractivity contribution in [1.29, 1.82) is 0 Å². The monoisotopic (exact) mass is 374 g/mol. The maximum atomic E-state index is 13.3. The predicted molar refractivity (Wildman–Crippen MR) is 97.3 cm³/mol. The Morgan fingerprint density at radius 3 is 2.67 bits per heavy atom. The average Bonchev–Trinajstić information content (AvgIpc) is 3.09. The molecule has 5 nitrogen and oxygen atoms in total. The number of imidazole rings is 1. The smallest absolute Gasteiger partial charge is 0.317 e. The first-order valence-corrected chi connectivity index (χ1v) is 9.58. The van der Waals surface area contributed by atoms with Gasteiger partial charge in [0, 0.05) is 37.3 Å². The largest absolute Gasteiger partial charge is 0.348 e. The molecule has 1 fully saturated rings. The van der Waals surface area contributed by atoms with E-state index < -0.39 is 11.6 Å². The molecule has 1 aliphatic carbocycles. The molecule has 0 saturated carbocycles. The number of carbonyl (C=O) groups excluding carboxylic acids is 1. The number of hydrogen-bond donors (Lipinski definition) is 2. The van der Waals surface area contributed by atoms with Crippen molar-refractivity contribution >= 4 is 6.03 Å². The molecule has 1 aromatic carbocycles. The van der Waals surface area contributed by atoms with E-state index in [1.54, 1.807) is 6.33 Å². The zero-order valence-electron chi connectivity index (χ0n) is 15.2. The summed E-state index contributed by atoms with van der Waals surface area (Å²) in [5.74, 6) is -0.720. The van der Waals surface area contributed by atoms with Crippen molar-refractivity contribution in [3.8, 4) is 0 Å². The van der Waals surface area contributed by atoms with E-state index in [-0.39, 0.29) is 12.1 Å². The summed E-state index contributed by atoms with van der Waals surface area (Å²) < 4.78 is 26.7. The van der Waals surface area contributed by atoms with Crippen LogP contribution >= 0.6 is 0 Å². The molecular formula is C20H24F2N4O. The highest BCUT2D eigenvalue weighted by Gasteiger charge is 2.27. The molecule has 144 valence electrons. The highest BCUT2D eigenvalue weighted by molar-refractivity contribution is 5.74. The van der Waals surface area contributed by atoms with Crippen LogP contribution in [0, 0.1) is 17.6 Å². The number of H-pyrrole nitrogens is 1. The van der Waals surface area contributed by atoms with Crippen molar-refractivity contribution < 1.29 is 13.6 Å². The lowest BCUT2D eigenvalue weighted by Crippen LogP contribution is -2.49. The number of carbonyl (C=O) groups is 1. The van der Waals surface area contributed by atoms with Gasteiger partial charge in [-0.1, -0.05) is 0 Å². The molecular weight excluding hydrogens is 350 g/mol. The number of likely N-dealkylation sites (tertiary alicyclic amines) is 1. The summed E-state index contributed by atoms with van der Waals surface area (Å²) in [5.41, 5.74) is 2.91. The van der Waals surface area contributed by atoms with Crippen molar-refractivity contribution in [2.75, 3.05) is 13.1 Å². The Kier molecular flexibility index (Phi) is 5.09. The first-order valence-electron chi connectivity index (χ1n) is 9.58. The van der Waals surface area contributed by atoms with Crippen LogP contribution in [-0.2, 0) is 19.3 Å². The molecule has 27 heavy (non-hydrogen) atoms. The first kappa shape index (κ1) is 17.9.